The summed E-state index contributed by atoms with van der Waals surface area (Å²) < 4.78 is 0. The van der Waals surface area contributed by atoms with Crippen LogP contribution in [-0.2, 0) is 0 Å². The molecule has 0 radical (unpaired) electrons. The van der Waals surface area contributed by atoms with Crippen LogP contribution in [0.2, 0.25) is 0 Å². The van der Waals surface area contributed by atoms with Crippen LogP contribution in [0, 0.1) is 6.92 Å². The Kier molecular flexibility index (Phi) is 3.01. The topological polar surface area (TPSA) is 32.6 Å². The Bertz CT molecular complexity index is 436. The number of rotatable bonds is 2. The van der Waals surface area contributed by atoms with E-state index < -0.39 is 0 Å². The number of aryl methyl sites for hydroxylation is 1. The quantitative estimate of drug-likeness (QED) is 0.758. The molecule has 2 nitrogen and oxygen atoms in total. The molecule has 2 aromatic carbocycles. The van der Waals surface area contributed by atoms with Crippen molar-refractivity contribution in [3.8, 4) is 5.75 Å². The van der Waals surface area contributed by atoms with Gasteiger partial charge in [-0.3, -0.25) is 4.99 Å². The van der Waals surface area contributed by atoms with E-state index in [0.29, 0.717) is 0 Å². The molecule has 0 aliphatic heterocycles. The summed E-state index contributed by atoms with van der Waals surface area (Å²) in [5.41, 5.74) is 3.14. The lowest BCUT2D eigenvalue weighted by Gasteiger charge is -1.95. The molecule has 2 heteroatoms. The summed E-state index contributed by atoms with van der Waals surface area (Å²) in [4.78, 5) is 4.31. The third-order valence-electron chi connectivity index (χ3n) is 2.29. The average molecular weight is 211 g/mol. The number of hydrogen-bond donors (Lipinski definition) is 1. The van der Waals surface area contributed by atoms with Crippen molar-refractivity contribution >= 4 is 11.9 Å². The van der Waals surface area contributed by atoms with E-state index in [9.17, 15) is 0 Å². The molecule has 0 unspecified atom stereocenters. The number of phenolic OH excluding ortho intramolecular Hbond substituents is 1. The van der Waals surface area contributed by atoms with E-state index in [1.807, 2.05) is 18.3 Å². The van der Waals surface area contributed by atoms with E-state index in [2.05, 4.69) is 24.0 Å². The average Bonchev–Trinajstić information content (AvgIpc) is 2.30. The fourth-order valence-corrected chi connectivity index (χ4v) is 1.34. The van der Waals surface area contributed by atoms with Gasteiger partial charge in [0.1, 0.15) is 5.75 Å². The first-order valence-corrected chi connectivity index (χ1v) is 5.14. The SMILES string of the molecule is Cc1ccc(C=Nc2ccc(O)cc2)cc1. The lowest BCUT2D eigenvalue weighted by Crippen LogP contribution is -1.80. The first kappa shape index (κ1) is 10.4. The summed E-state index contributed by atoms with van der Waals surface area (Å²) in [6, 6.07) is 15.0. The monoisotopic (exact) mass is 211 g/mol. The number of phenols is 1. The molecule has 0 aliphatic carbocycles. The zero-order chi connectivity index (χ0) is 11.4. The highest BCUT2D eigenvalue weighted by Crippen LogP contribution is 2.16. The molecule has 80 valence electrons. The van der Waals surface area contributed by atoms with Crippen LogP contribution in [0.25, 0.3) is 0 Å². The van der Waals surface area contributed by atoms with Crippen LogP contribution in [0.1, 0.15) is 11.1 Å². The molecular weight excluding hydrogens is 198 g/mol. The van der Waals surface area contributed by atoms with Crippen molar-refractivity contribution < 1.29 is 5.11 Å². The predicted molar refractivity (Wildman–Crippen MR) is 66.5 cm³/mol. The summed E-state index contributed by atoms with van der Waals surface area (Å²) in [5, 5.41) is 9.12. The summed E-state index contributed by atoms with van der Waals surface area (Å²) >= 11 is 0. The molecule has 16 heavy (non-hydrogen) atoms. The van der Waals surface area contributed by atoms with Crippen LogP contribution in [0.15, 0.2) is 53.5 Å². The molecule has 2 rings (SSSR count). The predicted octanol–water partition coefficient (Wildman–Crippen LogP) is 3.45. The first-order chi connectivity index (χ1) is 7.74. The third-order valence-corrected chi connectivity index (χ3v) is 2.29. The van der Waals surface area contributed by atoms with Gasteiger partial charge >= 0.3 is 0 Å². The Hall–Kier alpha value is -2.09. The number of benzene rings is 2. The van der Waals surface area contributed by atoms with Gasteiger partial charge in [0, 0.05) is 6.21 Å². The zero-order valence-corrected chi connectivity index (χ0v) is 9.09. The Labute approximate surface area is 94.9 Å². The van der Waals surface area contributed by atoms with E-state index in [1.54, 1.807) is 24.3 Å². The van der Waals surface area contributed by atoms with Gasteiger partial charge in [-0.25, -0.2) is 0 Å². The second kappa shape index (κ2) is 4.62. The molecule has 1 N–H and O–H groups in total. The lowest BCUT2D eigenvalue weighted by atomic mass is 10.2. The van der Waals surface area contributed by atoms with E-state index in [-0.39, 0.29) is 5.75 Å². The van der Waals surface area contributed by atoms with Crippen molar-refractivity contribution in [2.45, 2.75) is 6.92 Å². The molecule has 0 fully saturated rings. The van der Waals surface area contributed by atoms with Gasteiger partial charge in [-0.1, -0.05) is 29.8 Å². The van der Waals surface area contributed by atoms with Crippen molar-refractivity contribution in [1.29, 1.82) is 0 Å². The molecular formula is C14H13NO. The number of aromatic hydroxyl groups is 1. The largest absolute Gasteiger partial charge is 0.508 e. The number of nitrogens with zero attached hydrogens (tertiary/aromatic N) is 1. The smallest absolute Gasteiger partial charge is 0.115 e. The van der Waals surface area contributed by atoms with Crippen LogP contribution in [0.3, 0.4) is 0 Å². The molecule has 0 bridgehead atoms. The fraction of sp³-hybridized carbons (Fsp3) is 0.0714. The van der Waals surface area contributed by atoms with Crippen molar-refractivity contribution in [3.05, 3.63) is 59.7 Å². The van der Waals surface area contributed by atoms with E-state index in [0.717, 1.165) is 11.3 Å². The molecule has 0 saturated carbocycles. The minimum absolute atomic E-state index is 0.259. The maximum Gasteiger partial charge on any atom is 0.115 e. The fourth-order valence-electron chi connectivity index (χ4n) is 1.34. The van der Waals surface area contributed by atoms with Gasteiger partial charge in [-0.05, 0) is 36.8 Å². The summed E-state index contributed by atoms with van der Waals surface area (Å²) in [5.74, 6) is 0.259. The molecule has 0 aliphatic rings. The molecule has 0 saturated heterocycles. The molecule has 0 atom stereocenters. The summed E-state index contributed by atoms with van der Waals surface area (Å²) in [6.07, 6.45) is 1.81. The van der Waals surface area contributed by atoms with Crippen molar-refractivity contribution in [3.63, 3.8) is 0 Å². The molecule has 0 amide bonds. The van der Waals surface area contributed by atoms with Gasteiger partial charge in [0.05, 0.1) is 5.69 Å². The Morgan fingerprint density at radius 1 is 0.938 bits per heavy atom. The van der Waals surface area contributed by atoms with Crippen LogP contribution in [0.4, 0.5) is 5.69 Å². The minimum Gasteiger partial charge on any atom is -0.508 e. The summed E-state index contributed by atoms with van der Waals surface area (Å²) in [7, 11) is 0. The standard InChI is InChI=1S/C14H13NO/c1-11-2-4-12(5-3-11)10-15-13-6-8-14(16)9-7-13/h2-10,16H,1H3. The zero-order valence-electron chi connectivity index (χ0n) is 9.09. The van der Waals surface area contributed by atoms with E-state index in [4.69, 9.17) is 5.11 Å². The van der Waals surface area contributed by atoms with Crippen LogP contribution in [0.5, 0.6) is 5.75 Å². The number of aliphatic imine (C=N–C) groups is 1. The van der Waals surface area contributed by atoms with Gasteiger partial charge in [0.15, 0.2) is 0 Å². The molecule has 0 aromatic heterocycles. The van der Waals surface area contributed by atoms with Crippen LogP contribution >= 0.6 is 0 Å². The van der Waals surface area contributed by atoms with Gasteiger partial charge < -0.3 is 5.11 Å². The van der Waals surface area contributed by atoms with Crippen molar-refractivity contribution in [2.75, 3.05) is 0 Å². The second-order valence-corrected chi connectivity index (χ2v) is 3.69. The highest BCUT2D eigenvalue weighted by atomic mass is 16.3. The van der Waals surface area contributed by atoms with Crippen molar-refractivity contribution in [2.24, 2.45) is 4.99 Å². The van der Waals surface area contributed by atoms with Crippen LogP contribution in [-0.4, -0.2) is 11.3 Å². The van der Waals surface area contributed by atoms with Crippen molar-refractivity contribution in [1.82, 2.24) is 0 Å². The normalized spacial score (nSPS) is 10.8. The van der Waals surface area contributed by atoms with Gasteiger partial charge in [0.25, 0.3) is 0 Å². The highest BCUT2D eigenvalue weighted by molar-refractivity contribution is 5.81. The minimum atomic E-state index is 0.259. The van der Waals surface area contributed by atoms with Gasteiger partial charge in [-0.2, -0.15) is 0 Å². The Morgan fingerprint density at radius 3 is 2.19 bits per heavy atom. The highest BCUT2D eigenvalue weighted by Gasteiger charge is 1.90. The summed E-state index contributed by atoms with van der Waals surface area (Å²) in [6.45, 7) is 2.06. The molecule has 0 spiro atoms. The van der Waals surface area contributed by atoms with Gasteiger partial charge in [-0.15, -0.1) is 0 Å². The second-order valence-electron chi connectivity index (χ2n) is 3.69. The number of hydrogen-bond acceptors (Lipinski definition) is 2. The van der Waals surface area contributed by atoms with Crippen LogP contribution < -0.4 is 0 Å². The first-order valence-electron chi connectivity index (χ1n) is 5.14. The molecule has 2 aromatic rings. The molecule has 0 heterocycles. The van der Waals surface area contributed by atoms with E-state index >= 15 is 0 Å². The maximum absolute atomic E-state index is 9.12. The third kappa shape index (κ3) is 2.70. The Morgan fingerprint density at radius 2 is 1.56 bits per heavy atom. The van der Waals surface area contributed by atoms with E-state index in [1.165, 1.54) is 5.56 Å². The Balaban J connectivity index is 2.15. The van der Waals surface area contributed by atoms with Gasteiger partial charge in [0.2, 0.25) is 0 Å². The maximum atomic E-state index is 9.12. The lowest BCUT2D eigenvalue weighted by molar-refractivity contribution is 0.475.